The maximum absolute atomic E-state index is 11.8. The maximum Gasteiger partial charge on any atom is 0.317 e. The number of rotatable bonds is 5. The van der Waals surface area contributed by atoms with E-state index in [1.165, 1.54) is 19.3 Å². The Morgan fingerprint density at radius 1 is 1.30 bits per heavy atom. The molecule has 0 aromatic carbocycles. The first kappa shape index (κ1) is 20.2. The minimum Gasteiger partial charge on any atom is -0.481 e. The molecule has 1 N–H and O–H groups in total. The molecule has 0 aliphatic heterocycles. The lowest BCUT2D eigenvalue weighted by Crippen LogP contribution is -2.51. The van der Waals surface area contributed by atoms with Gasteiger partial charge >= 0.3 is 11.9 Å². The van der Waals surface area contributed by atoms with Crippen molar-refractivity contribution in [2.45, 2.75) is 72.1 Å². The number of allylic oxidation sites excluding steroid dienone is 3. The molecule has 4 heteroatoms. The highest BCUT2D eigenvalue weighted by atomic mass is 16.5. The van der Waals surface area contributed by atoms with Gasteiger partial charge in [0.05, 0.1) is 6.61 Å². The van der Waals surface area contributed by atoms with Gasteiger partial charge in [-0.15, -0.1) is 6.58 Å². The summed E-state index contributed by atoms with van der Waals surface area (Å²) >= 11 is 0. The normalized spacial score (nSPS) is 40.9. The van der Waals surface area contributed by atoms with Crippen molar-refractivity contribution in [2.75, 3.05) is 6.61 Å². The predicted octanol–water partition coefficient (Wildman–Crippen LogP) is 5.14. The molecule has 4 nitrogen and oxygen atoms in total. The average Bonchev–Trinajstić information content (AvgIpc) is 2.59. The molecule has 3 rings (SSSR count). The van der Waals surface area contributed by atoms with E-state index in [1.807, 2.05) is 0 Å². The number of fused-ring (bicyclic) bond motifs is 3. The van der Waals surface area contributed by atoms with Crippen LogP contribution in [0.15, 0.2) is 24.3 Å². The summed E-state index contributed by atoms with van der Waals surface area (Å²) in [4.78, 5) is 22.5. The predicted molar refractivity (Wildman–Crippen MR) is 105 cm³/mol. The van der Waals surface area contributed by atoms with E-state index in [-0.39, 0.29) is 16.2 Å². The van der Waals surface area contributed by atoms with Gasteiger partial charge in [0.25, 0.3) is 0 Å². The molecule has 3 aliphatic carbocycles. The third kappa shape index (κ3) is 3.72. The summed E-state index contributed by atoms with van der Waals surface area (Å²) in [6.07, 6.45) is 12.0. The second-order valence-corrected chi connectivity index (χ2v) is 9.91. The van der Waals surface area contributed by atoms with Crippen molar-refractivity contribution in [2.24, 2.45) is 28.1 Å². The third-order valence-electron chi connectivity index (χ3n) is 7.81. The van der Waals surface area contributed by atoms with Crippen LogP contribution >= 0.6 is 0 Å². The molecule has 2 saturated carbocycles. The number of carboxylic acids is 1. The first-order valence-electron chi connectivity index (χ1n) is 10.3. The summed E-state index contributed by atoms with van der Waals surface area (Å²) in [6.45, 7) is 11.4. The van der Waals surface area contributed by atoms with Crippen LogP contribution in [0.5, 0.6) is 0 Å². The van der Waals surface area contributed by atoms with Crippen molar-refractivity contribution in [1.29, 1.82) is 0 Å². The van der Waals surface area contributed by atoms with Gasteiger partial charge in [0.2, 0.25) is 0 Å². The van der Waals surface area contributed by atoms with Crippen LogP contribution in [0.2, 0.25) is 0 Å². The fraction of sp³-hybridized carbons (Fsp3) is 0.739. The third-order valence-corrected chi connectivity index (χ3v) is 7.81. The van der Waals surface area contributed by atoms with Gasteiger partial charge in [-0.2, -0.15) is 0 Å². The summed E-state index contributed by atoms with van der Waals surface area (Å²) in [5, 5.41) is 8.79. The molecule has 150 valence electrons. The lowest BCUT2D eigenvalue weighted by Gasteiger charge is -2.59. The van der Waals surface area contributed by atoms with Crippen LogP contribution in [-0.4, -0.2) is 23.7 Å². The smallest absolute Gasteiger partial charge is 0.317 e. The lowest BCUT2D eigenvalue weighted by atomic mass is 9.46. The van der Waals surface area contributed by atoms with E-state index in [0.29, 0.717) is 18.4 Å². The summed E-state index contributed by atoms with van der Waals surface area (Å²) in [6, 6.07) is 0. The van der Waals surface area contributed by atoms with E-state index in [2.05, 4.69) is 39.5 Å². The van der Waals surface area contributed by atoms with Gasteiger partial charge in [0.1, 0.15) is 6.42 Å². The average molecular weight is 375 g/mol. The molecule has 5 atom stereocenters. The summed E-state index contributed by atoms with van der Waals surface area (Å²) in [7, 11) is 0. The summed E-state index contributed by atoms with van der Waals surface area (Å²) < 4.78 is 5.42. The fourth-order valence-electron chi connectivity index (χ4n) is 6.34. The van der Waals surface area contributed by atoms with Gasteiger partial charge in [-0.1, -0.05) is 44.9 Å². The summed E-state index contributed by atoms with van der Waals surface area (Å²) in [5.41, 5.74) is 1.92. The molecule has 0 aromatic rings. The SMILES string of the molecule is C=C[C@@]1(C)CC=C2[C@@H](CC[C@H]3[C@@](C)(COC(=O)CC(=O)O)CCC[C@]23C)C1. The first-order valence-corrected chi connectivity index (χ1v) is 10.3. The molecule has 0 aromatic heterocycles. The van der Waals surface area contributed by atoms with Gasteiger partial charge in [-0.25, -0.2) is 0 Å². The van der Waals surface area contributed by atoms with Gasteiger partial charge in [0, 0.05) is 5.41 Å². The van der Waals surface area contributed by atoms with Crippen LogP contribution in [0.4, 0.5) is 0 Å². The Labute approximate surface area is 163 Å². The molecular weight excluding hydrogens is 340 g/mol. The summed E-state index contributed by atoms with van der Waals surface area (Å²) in [5.74, 6) is -0.632. The Morgan fingerprint density at radius 2 is 2.04 bits per heavy atom. The standard InChI is InChI=1S/C23H34O4/c1-5-21(2)12-9-17-16(14-21)7-8-18-22(3,10-6-11-23(17,18)4)15-27-20(26)13-19(24)25/h5,9,16,18H,1,6-8,10-15H2,2-4H3,(H,24,25)/t16-,18-,21-,22+,23+/m0/s1. The largest absolute Gasteiger partial charge is 0.481 e. The molecule has 0 radical (unpaired) electrons. The molecule has 0 saturated heterocycles. The van der Waals surface area contributed by atoms with E-state index in [9.17, 15) is 9.59 Å². The highest BCUT2D eigenvalue weighted by molar-refractivity contribution is 5.90. The van der Waals surface area contributed by atoms with E-state index in [4.69, 9.17) is 9.84 Å². The molecule has 0 spiro atoms. The molecule has 0 heterocycles. The van der Waals surface area contributed by atoms with Crippen molar-refractivity contribution < 1.29 is 19.4 Å². The van der Waals surface area contributed by atoms with Gasteiger partial charge in [-0.05, 0) is 61.2 Å². The molecule has 0 amide bonds. The zero-order chi connectivity index (χ0) is 19.9. The lowest BCUT2D eigenvalue weighted by molar-refractivity contribution is -0.157. The van der Waals surface area contributed by atoms with E-state index < -0.39 is 18.4 Å². The topological polar surface area (TPSA) is 63.6 Å². The van der Waals surface area contributed by atoms with Crippen LogP contribution < -0.4 is 0 Å². The van der Waals surface area contributed by atoms with Crippen LogP contribution in [0, 0.1) is 28.1 Å². The number of carbonyl (C=O) groups excluding carboxylic acids is 1. The second-order valence-electron chi connectivity index (χ2n) is 9.91. The number of esters is 1. The molecule has 2 fully saturated rings. The zero-order valence-corrected chi connectivity index (χ0v) is 17.1. The van der Waals surface area contributed by atoms with Gasteiger partial charge < -0.3 is 9.84 Å². The number of carboxylic acid groups (broad SMARTS) is 1. The van der Waals surface area contributed by atoms with Crippen LogP contribution in [0.1, 0.15) is 72.1 Å². The fourth-order valence-corrected chi connectivity index (χ4v) is 6.34. The van der Waals surface area contributed by atoms with Crippen LogP contribution in [0.3, 0.4) is 0 Å². The van der Waals surface area contributed by atoms with Crippen molar-refractivity contribution in [3.8, 4) is 0 Å². The molecule has 3 aliphatic rings. The van der Waals surface area contributed by atoms with Crippen LogP contribution in [-0.2, 0) is 14.3 Å². The molecule has 27 heavy (non-hydrogen) atoms. The van der Waals surface area contributed by atoms with Gasteiger partial charge in [-0.3, -0.25) is 9.59 Å². The number of carbonyl (C=O) groups is 2. The van der Waals surface area contributed by atoms with Crippen molar-refractivity contribution >= 4 is 11.9 Å². The Hall–Kier alpha value is -1.58. The second kappa shape index (κ2) is 7.10. The van der Waals surface area contributed by atoms with Gasteiger partial charge in [0.15, 0.2) is 0 Å². The van der Waals surface area contributed by atoms with E-state index in [0.717, 1.165) is 25.7 Å². The Bertz CT molecular complexity index is 665. The van der Waals surface area contributed by atoms with Crippen molar-refractivity contribution in [3.63, 3.8) is 0 Å². The Balaban J connectivity index is 1.80. The highest BCUT2D eigenvalue weighted by Gasteiger charge is 2.55. The Morgan fingerprint density at radius 3 is 2.70 bits per heavy atom. The minimum absolute atomic E-state index is 0.0772. The number of aliphatic carboxylic acids is 1. The minimum atomic E-state index is -1.13. The van der Waals surface area contributed by atoms with E-state index in [1.54, 1.807) is 5.57 Å². The monoisotopic (exact) mass is 374 g/mol. The zero-order valence-electron chi connectivity index (χ0n) is 17.1. The number of hydrogen-bond donors (Lipinski definition) is 1. The quantitative estimate of drug-likeness (QED) is 0.411. The maximum atomic E-state index is 11.8. The van der Waals surface area contributed by atoms with Crippen molar-refractivity contribution in [1.82, 2.24) is 0 Å². The first-order chi connectivity index (χ1) is 12.6. The molecule has 0 unspecified atom stereocenters. The van der Waals surface area contributed by atoms with Crippen LogP contribution in [0.25, 0.3) is 0 Å². The molecular formula is C23H34O4. The molecule has 0 bridgehead atoms. The number of ether oxygens (including phenoxy) is 1. The number of hydrogen-bond acceptors (Lipinski definition) is 3. The highest BCUT2D eigenvalue weighted by Crippen LogP contribution is 2.63. The van der Waals surface area contributed by atoms with E-state index >= 15 is 0 Å². The Kier molecular flexibility index (Phi) is 5.31. The van der Waals surface area contributed by atoms with Crippen molar-refractivity contribution in [3.05, 3.63) is 24.3 Å².